The van der Waals surface area contributed by atoms with Crippen molar-refractivity contribution in [1.29, 1.82) is 0 Å². The van der Waals surface area contributed by atoms with Crippen LogP contribution in [0.15, 0.2) is 35.7 Å². The zero-order chi connectivity index (χ0) is 15.4. The fourth-order valence-corrected chi connectivity index (χ4v) is 2.50. The van der Waals surface area contributed by atoms with Gasteiger partial charge in [-0.1, -0.05) is 53.2 Å². The second-order valence-corrected chi connectivity index (χ2v) is 5.55. The summed E-state index contributed by atoms with van der Waals surface area (Å²) in [5.41, 5.74) is 7.38. The van der Waals surface area contributed by atoms with Crippen LogP contribution in [-0.2, 0) is 7.05 Å². The molecule has 0 spiro atoms. The van der Waals surface area contributed by atoms with Crippen molar-refractivity contribution in [1.82, 2.24) is 19.7 Å². The molecule has 0 unspecified atom stereocenters. The maximum absolute atomic E-state index is 6.27. The third-order valence-corrected chi connectivity index (χ3v) is 3.88. The van der Waals surface area contributed by atoms with E-state index in [1.165, 1.54) is 22.8 Å². The Balaban J connectivity index is 2.86. The lowest BCUT2D eigenvalue weighted by Gasteiger charge is -2.09. The number of rotatable bonds is 2. The molecule has 2 aromatic rings. The van der Waals surface area contributed by atoms with Crippen LogP contribution >= 0.6 is 35.0 Å². The summed E-state index contributed by atoms with van der Waals surface area (Å²) in [5.74, 6) is 0.342. The van der Waals surface area contributed by atoms with Crippen LogP contribution in [-0.4, -0.2) is 26.0 Å². The average molecular weight is 342 g/mol. The third-order valence-electron chi connectivity index (χ3n) is 2.71. The van der Waals surface area contributed by atoms with Crippen molar-refractivity contribution < 1.29 is 0 Å². The minimum absolute atomic E-state index is 0.203. The molecule has 8 heteroatoms. The van der Waals surface area contributed by atoms with Crippen molar-refractivity contribution in [3.63, 3.8) is 0 Å². The van der Waals surface area contributed by atoms with Gasteiger partial charge in [-0.05, 0) is 12.3 Å². The first-order chi connectivity index (χ1) is 10.0. The summed E-state index contributed by atoms with van der Waals surface area (Å²) in [6.45, 7) is 0. The molecule has 0 saturated heterocycles. The van der Waals surface area contributed by atoms with E-state index in [9.17, 15) is 0 Å². The zero-order valence-corrected chi connectivity index (χ0v) is 13.7. The van der Waals surface area contributed by atoms with Gasteiger partial charge < -0.3 is 5.73 Å². The molecular weight excluding hydrogens is 329 g/mol. The molecule has 0 radical (unpaired) electrons. The van der Waals surface area contributed by atoms with Gasteiger partial charge in [0.25, 0.3) is 0 Å². The van der Waals surface area contributed by atoms with Crippen LogP contribution in [0.3, 0.4) is 0 Å². The minimum atomic E-state index is 0.203. The van der Waals surface area contributed by atoms with Gasteiger partial charge in [-0.15, -0.1) is 5.10 Å². The number of anilines is 1. The fourth-order valence-electron chi connectivity index (χ4n) is 1.68. The summed E-state index contributed by atoms with van der Waals surface area (Å²) in [6.07, 6.45) is 3.21. The highest BCUT2D eigenvalue weighted by Gasteiger charge is 2.12. The van der Waals surface area contributed by atoms with Gasteiger partial charge in [0.15, 0.2) is 0 Å². The number of nitrogen functional groups attached to an aromatic ring is 1. The predicted molar refractivity (Wildman–Crippen MR) is 88.1 cm³/mol. The molecule has 0 aliphatic heterocycles. The Morgan fingerprint density at radius 3 is 2.57 bits per heavy atom. The first-order valence-electron chi connectivity index (χ1n) is 5.91. The molecule has 0 amide bonds. The summed E-state index contributed by atoms with van der Waals surface area (Å²) in [7, 11) is 1.72. The lowest BCUT2D eigenvalue weighted by molar-refractivity contribution is 0.694. The molecule has 1 heterocycles. The topological polar surface area (TPSA) is 69.6 Å². The quantitative estimate of drug-likeness (QED) is 0.845. The maximum Gasteiger partial charge on any atom is 0.208 e. The van der Waals surface area contributed by atoms with Crippen molar-refractivity contribution in [3.05, 3.63) is 40.8 Å². The summed E-state index contributed by atoms with van der Waals surface area (Å²) in [5, 5.41) is 5.55. The average Bonchev–Trinajstić information content (AvgIpc) is 2.51. The highest BCUT2D eigenvalue weighted by molar-refractivity contribution is 7.98. The van der Waals surface area contributed by atoms with Gasteiger partial charge in [0.2, 0.25) is 5.16 Å². The SMILES string of the molecule is CSc1ncnc(Cl)c(-c2ccccc2Cl)c(N)n(C)n1. The fraction of sp³-hybridized carbons (Fsp3) is 0.154. The van der Waals surface area contributed by atoms with Gasteiger partial charge in [-0.3, -0.25) is 0 Å². The molecule has 0 aliphatic rings. The van der Waals surface area contributed by atoms with Gasteiger partial charge in [-0.2, -0.15) is 0 Å². The molecule has 21 heavy (non-hydrogen) atoms. The molecule has 0 atom stereocenters. The largest absolute Gasteiger partial charge is 0.383 e. The molecular formula is C13H13Cl2N5S. The highest BCUT2D eigenvalue weighted by Crippen LogP contribution is 2.34. The number of thioether (sulfide) groups is 1. The summed E-state index contributed by atoms with van der Waals surface area (Å²) in [6, 6.07) is 7.27. The Kier molecular flexibility index (Phi) is 5.27. The van der Waals surface area contributed by atoms with Crippen molar-refractivity contribution in [3.8, 4) is 11.1 Å². The Morgan fingerprint density at radius 1 is 1.19 bits per heavy atom. The first kappa shape index (κ1) is 15.9. The maximum atomic E-state index is 6.27. The predicted octanol–water partition coefficient (Wildman–Crippen LogP) is 3.61. The minimum Gasteiger partial charge on any atom is -0.383 e. The first-order valence-corrected chi connectivity index (χ1v) is 7.90. The number of aryl methyl sites for hydroxylation is 1. The molecule has 0 saturated carbocycles. The van der Waals surface area contributed by atoms with Crippen LogP contribution < -0.4 is 5.73 Å². The van der Waals surface area contributed by atoms with E-state index in [1.54, 1.807) is 13.1 Å². The van der Waals surface area contributed by atoms with Crippen LogP contribution in [0.4, 0.5) is 5.82 Å². The molecule has 110 valence electrons. The van der Waals surface area contributed by atoms with Crippen molar-refractivity contribution in [2.75, 3.05) is 12.0 Å². The Labute approximate surface area is 136 Å². The van der Waals surface area contributed by atoms with Crippen LogP contribution in [0.25, 0.3) is 11.1 Å². The van der Waals surface area contributed by atoms with Crippen LogP contribution in [0.5, 0.6) is 0 Å². The number of nitrogens with zero attached hydrogens (tertiary/aromatic N) is 4. The van der Waals surface area contributed by atoms with Gasteiger partial charge in [0.05, 0.1) is 5.56 Å². The van der Waals surface area contributed by atoms with Crippen LogP contribution in [0, 0.1) is 0 Å². The number of hydrogen-bond acceptors (Lipinski definition) is 5. The second kappa shape index (κ2) is 6.98. The van der Waals surface area contributed by atoms with E-state index >= 15 is 0 Å². The molecule has 2 N–H and O–H groups in total. The van der Waals surface area contributed by atoms with Gasteiger partial charge >= 0.3 is 0 Å². The summed E-state index contributed by atoms with van der Waals surface area (Å²) in [4.78, 5) is 8.21. The van der Waals surface area contributed by atoms with Crippen LogP contribution in [0.1, 0.15) is 0 Å². The van der Waals surface area contributed by atoms with Gasteiger partial charge in [-0.25, -0.2) is 14.6 Å². The Hall–Kier alpha value is -1.50. The number of halogens is 2. The van der Waals surface area contributed by atoms with E-state index < -0.39 is 0 Å². The molecule has 0 bridgehead atoms. The van der Waals surface area contributed by atoms with E-state index in [0.29, 0.717) is 27.1 Å². The monoisotopic (exact) mass is 341 g/mol. The number of nitrogens with two attached hydrogens (primary N) is 1. The standard InChI is InChI=1S/C13H13Cl2N5S/c1-20-12(16)10(8-5-3-4-6-9(8)14)11(15)17-7-18-13(19-20)21-2/h3-7H,16H2,1-2H3. The number of hydrogen-bond donors (Lipinski definition) is 1. The molecule has 2 rings (SSSR count). The lowest BCUT2D eigenvalue weighted by Crippen LogP contribution is -2.05. The third kappa shape index (κ3) is 3.58. The summed E-state index contributed by atoms with van der Waals surface area (Å²) >= 11 is 13.9. The molecule has 1 aromatic heterocycles. The normalized spacial score (nSPS) is 10.3. The van der Waals surface area contributed by atoms with Crippen molar-refractivity contribution >= 4 is 40.8 Å². The molecule has 5 nitrogen and oxygen atoms in total. The van der Waals surface area contributed by atoms with E-state index in [1.807, 2.05) is 24.5 Å². The summed E-state index contributed by atoms with van der Waals surface area (Å²) < 4.78 is 1.51. The Morgan fingerprint density at radius 2 is 1.90 bits per heavy atom. The Bertz CT molecular complexity index is 716. The van der Waals surface area contributed by atoms with E-state index in [0.717, 1.165) is 0 Å². The molecule has 0 fully saturated rings. The van der Waals surface area contributed by atoms with E-state index in [2.05, 4.69) is 15.1 Å². The number of aromatic nitrogens is 4. The van der Waals surface area contributed by atoms with Gasteiger partial charge in [0.1, 0.15) is 17.3 Å². The second-order valence-electron chi connectivity index (χ2n) is 4.01. The van der Waals surface area contributed by atoms with Crippen molar-refractivity contribution in [2.24, 2.45) is 7.05 Å². The lowest BCUT2D eigenvalue weighted by atomic mass is 10.1. The van der Waals surface area contributed by atoms with E-state index in [-0.39, 0.29) is 5.15 Å². The zero-order valence-electron chi connectivity index (χ0n) is 11.4. The van der Waals surface area contributed by atoms with E-state index in [4.69, 9.17) is 28.9 Å². The molecule has 0 aliphatic carbocycles. The number of benzene rings is 1. The molecule has 1 aromatic carbocycles. The van der Waals surface area contributed by atoms with Gasteiger partial charge in [0, 0.05) is 17.6 Å². The van der Waals surface area contributed by atoms with Crippen molar-refractivity contribution in [2.45, 2.75) is 5.16 Å². The smallest absolute Gasteiger partial charge is 0.208 e. The highest BCUT2D eigenvalue weighted by atomic mass is 35.5. The van der Waals surface area contributed by atoms with Crippen LogP contribution in [0.2, 0.25) is 10.2 Å².